The van der Waals surface area contributed by atoms with Gasteiger partial charge in [-0.25, -0.2) is 0 Å². The molecule has 0 unspecified atom stereocenters. The summed E-state index contributed by atoms with van der Waals surface area (Å²) in [5, 5.41) is 0. The molecule has 27 rings (SSSR count). The maximum Gasteiger partial charge on any atom is 0.0532 e. The Balaban J connectivity index is 0.000000184. The highest BCUT2D eigenvalue weighted by Gasteiger charge is 2.41. The highest BCUT2D eigenvalue weighted by Crippen LogP contribution is 2.60. The molecule has 702 valence electrons. The van der Waals surface area contributed by atoms with Gasteiger partial charge in [0.1, 0.15) is 0 Å². The van der Waals surface area contributed by atoms with Gasteiger partial charge < -0.3 is 14.7 Å². The van der Waals surface area contributed by atoms with Crippen LogP contribution in [0.15, 0.2) is 273 Å². The van der Waals surface area contributed by atoms with E-state index in [9.17, 15) is 0 Å². The second-order valence-corrected chi connectivity index (χ2v) is 31.4. The van der Waals surface area contributed by atoms with Gasteiger partial charge in [0.05, 0.1) is 34.1 Å². The zero-order valence-electron chi connectivity index (χ0n) is 88.3. The van der Waals surface area contributed by atoms with Gasteiger partial charge in [-0.05, 0) is 287 Å². The molecule has 6 heterocycles. The summed E-state index contributed by atoms with van der Waals surface area (Å²) in [6.45, 7) is 60.0. The van der Waals surface area contributed by atoms with E-state index in [1.54, 1.807) is 16.7 Å². The molecule has 0 atom stereocenters. The quantitative estimate of drug-likeness (QED) is 0.150. The van der Waals surface area contributed by atoms with E-state index in [-0.39, 0.29) is 0 Å². The maximum absolute atomic E-state index is 2.56. The van der Waals surface area contributed by atoms with E-state index in [1.165, 1.54) is 235 Å². The lowest BCUT2D eigenvalue weighted by atomic mass is 9.84. The van der Waals surface area contributed by atoms with Gasteiger partial charge in [-0.1, -0.05) is 432 Å². The van der Waals surface area contributed by atoms with E-state index in [0.717, 1.165) is 77.0 Å². The number of benzene rings is 15. The molecule has 135 heavy (non-hydrogen) atoms. The topological polar surface area (TPSA) is 9.72 Å². The fraction of sp³-hybridized carbons (Fsp3) is 0.318. The first-order valence-corrected chi connectivity index (χ1v) is 53.2. The summed E-state index contributed by atoms with van der Waals surface area (Å²) in [5.41, 5.74) is 65.5. The van der Waals surface area contributed by atoms with Gasteiger partial charge in [0.15, 0.2) is 0 Å². The summed E-state index contributed by atoms with van der Waals surface area (Å²) in [5.74, 6) is 0. The van der Waals surface area contributed by atoms with E-state index in [4.69, 9.17) is 0 Å². The van der Waals surface area contributed by atoms with Crippen molar-refractivity contribution in [2.45, 2.75) is 285 Å². The minimum absolute atomic E-state index is 1.02. The van der Waals surface area contributed by atoms with Gasteiger partial charge in [0.2, 0.25) is 0 Å². The standard InChI is InChI=1S/3C34H23N.15C2H6/c1-3-10-26-20(6-1)14-24-17-29-25(18-28(24)26)19-30-27(29)12-13-33-31(30)16-23-9-5-8-22-15-21-7-2-4-11-32(21)35(33)34(22)23;1-3-10-24-20(6-1)17-28-25(24)12-13-26-27-14-15-33-31(30(27)19-29(26)28)18-23-9-5-8-22-16-21-7-2-4-11-32(21)35(33)34(22)23;1-3-10-25-20(6-1)16-22-12-13-27-26-14-15-32-29(28(26)19-30(27)33(22)25)18-24-9-5-8-23-17-21-7-2-4-11-31(21)35(32)34(23)24;15*1-2/h1-13,17-18H,14-16,19H2;2*1-15H,16-19H2;15*1-2H3. The Hall–Kier alpha value is -12.3. The average Bonchev–Trinajstić information content (AvgIpc) is 1.35. The van der Waals surface area contributed by atoms with Crippen molar-refractivity contribution in [3.05, 3.63) is 407 Å². The summed E-state index contributed by atoms with van der Waals surface area (Å²) >= 11 is 0. The molecule has 6 aliphatic heterocycles. The van der Waals surface area contributed by atoms with Crippen molar-refractivity contribution in [2.24, 2.45) is 0 Å². The predicted molar refractivity (Wildman–Crippen MR) is 600 cm³/mol. The van der Waals surface area contributed by atoms with Gasteiger partial charge >= 0.3 is 0 Å². The summed E-state index contributed by atoms with van der Waals surface area (Å²) in [7, 11) is 0. The van der Waals surface area contributed by atoms with Gasteiger partial charge in [0.25, 0.3) is 0 Å². The number of para-hydroxylation sites is 6. The van der Waals surface area contributed by atoms with Gasteiger partial charge in [0, 0.05) is 55.6 Å². The molecular formula is C132H159N3. The lowest BCUT2D eigenvalue weighted by Gasteiger charge is -2.40. The molecular weight excluding hydrogens is 1630 g/mol. The fourth-order valence-electron chi connectivity index (χ4n) is 21.8. The number of hydrogen-bond acceptors (Lipinski definition) is 3. The van der Waals surface area contributed by atoms with Gasteiger partial charge in [-0.15, -0.1) is 0 Å². The zero-order chi connectivity index (χ0) is 98.0. The van der Waals surface area contributed by atoms with Crippen LogP contribution in [-0.2, 0) is 77.0 Å². The van der Waals surface area contributed by atoms with Crippen molar-refractivity contribution in [3.8, 4) is 66.8 Å². The van der Waals surface area contributed by atoms with Crippen LogP contribution in [0, 0.1) is 0 Å². The Morgan fingerprint density at radius 3 is 0.733 bits per heavy atom. The molecule has 15 aromatic carbocycles. The lowest BCUT2D eigenvalue weighted by molar-refractivity contribution is 0.996. The van der Waals surface area contributed by atoms with Crippen LogP contribution in [0.1, 0.15) is 341 Å². The first-order chi connectivity index (χ1) is 67.0. The van der Waals surface area contributed by atoms with E-state index >= 15 is 0 Å². The summed E-state index contributed by atoms with van der Waals surface area (Å²) in [4.78, 5) is 7.68. The molecule has 3 heteroatoms. The van der Waals surface area contributed by atoms with E-state index in [2.05, 4.69) is 288 Å². The number of nitrogens with zero attached hydrogens (tertiary/aromatic N) is 3. The van der Waals surface area contributed by atoms with Crippen LogP contribution in [0.4, 0.5) is 51.2 Å². The summed E-state index contributed by atoms with van der Waals surface area (Å²) in [6, 6.07) is 103. The minimum Gasteiger partial charge on any atom is -0.309 e. The molecule has 0 bridgehead atoms. The number of hydrogen-bond donors (Lipinski definition) is 0. The smallest absolute Gasteiger partial charge is 0.0532 e. The molecule has 0 N–H and O–H groups in total. The Bertz CT molecular complexity index is 6490. The minimum atomic E-state index is 1.02. The van der Waals surface area contributed by atoms with E-state index in [0.29, 0.717) is 0 Å². The molecule has 3 nitrogen and oxygen atoms in total. The third kappa shape index (κ3) is 18.8. The fourth-order valence-corrected chi connectivity index (χ4v) is 21.8. The number of rotatable bonds is 0. The normalized spacial score (nSPS) is 12.3. The third-order valence-corrected chi connectivity index (χ3v) is 26.3. The molecule has 0 spiro atoms. The number of anilines is 9. The Labute approximate surface area is 818 Å². The van der Waals surface area contributed by atoms with E-state index < -0.39 is 0 Å². The lowest BCUT2D eigenvalue weighted by Crippen LogP contribution is -2.25. The van der Waals surface area contributed by atoms with Crippen molar-refractivity contribution in [1.29, 1.82) is 0 Å². The molecule has 0 radical (unpaired) electrons. The molecule has 0 saturated carbocycles. The van der Waals surface area contributed by atoms with Crippen molar-refractivity contribution in [2.75, 3.05) is 14.7 Å². The monoisotopic (exact) mass is 1790 g/mol. The summed E-state index contributed by atoms with van der Waals surface area (Å²) < 4.78 is 0. The first-order valence-electron chi connectivity index (χ1n) is 53.2. The summed E-state index contributed by atoms with van der Waals surface area (Å²) in [6.07, 6.45) is 12.4. The highest BCUT2D eigenvalue weighted by molar-refractivity contribution is 5.99. The second kappa shape index (κ2) is 49.8. The van der Waals surface area contributed by atoms with Crippen molar-refractivity contribution in [1.82, 2.24) is 0 Å². The van der Waals surface area contributed by atoms with Crippen LogP contribution in [0.5, 0.6) is 0 Å². The van der Waals surface area contributed by atoms with Crippen LogP contribution < -0.4 is 14.7 Å². The third-order valence-electron chi connectivity index (χ3n) is 26.3. The van der Waals surface area contributed by atoms with Crippen LogP contribution in [-0.4, -0.2) is 0 Å². The van der Waals surface area contributed by atoms with Crippen LogP contribution >= 0.6 is 0 Å². The number of fused-ring (bicyclic) bond motifs is 35. The van der Waals surface area contributed by atoms with Gasteiger partial charge in [-0.3, -0.25) is 0 Å². The molecule has 15 aromatic rings. The molecule has 0 fully saturated rings. The SMILES string of the molecule is CC.CC.CC.CC.CC.CC.CC.CC.CC.CC.CC.CC.CC.CC.CC.c1ccc2c(c1)Cc1c-2ccc2c1Cc1c-2ccc2c1Cc1cccc3c1N2c1ccccc1C3.c1ccc2c(c1)Cc1cc3c(cc1-2)Cc1c-3ccc2c1Cc1cccc3c1N2c1ccccc1C3.c1ccc2c(c1)Cc1ccc3c(c1-2)Cc1c-3ccc2c1Cc1cccc3c1N2c1ccccc1C3. The zero-order valence-corrected chi connectivity index (χ0v) is 88.3. The maximum atomic E-state index is 2.56. The molecule has 0 saturated heterocycles. The Morgan fingerprint density at radius 2 is 0.341 bits per heavy atom. The average molecular weight is 1790 g/mol. The molecule has 6 aliphatic carbocycles. The Kier molecular flexibility index (Phi) is 38.6. The van der Waals surface area contributed by atoms with E-state index in [1.807, 2.05) is 208 Å². The van der Waals surface area contributed by atoms with Gasteiger partial charge in [-0.2, -0.15) is 0 Å². The van der Waals surface area contributed by atoms with Crippen molar-refractivity contribution >= 4 is 51.2 Å². The Morgan fingerprint density at radius 1 is 0.126 bits per heavy atom. The predicted octanol–water partition coefficient (Wildman–Crippen LogP) is 39.7. The largest absolute Gasteiger partial charge is 0.309 e. The van der Waals surface area contributed by atoms with Crippen LogP contribution in [0.2, 0.25) is 0 Å². The second-order valence-electron chi connectivity index (χ2n) is 31.4. The molecule has 0 amide bonds. The molecule has 0 aromatic heterocycles. The van der Waals surface area contributed by atoms with Crippen molar-refractivity contribution in [3.63, 3.8) is 0 Å². The molecule has 12 aliphatic rings. The van der Waals surface area contributed by atoms with Crippen molar-refractivity contribution < 1.29 is 0 Å². The highest BCUT2D eigenvalue weighted by atomic mass is 15.2. The van der Waals surface area contributed by atoms with Crippen LogP contribution in [0.25, 0.3) is 66.8 Å². The first kappa shape index (κ1) is 105. The van der Waals surface area contributed by atoms with Crippen LogP contribution in [0.3, 0.4) is 0 Å².